The SMILES string of the molecule is Clc1cc(Br)c2c(-c3cnn(C4CCCCO4)c3)nn(C3CCCCO3)c2c1Cl. The summed E-state index contributed by atoms with van der Waals surface area (Å²) in [6.45, 7) is 1.49. The Kier molecular flexibility index (Phi) is 5.60. The quantitative estimate of drug-likeness (QED) is 0.393. The fourth-order valence-corrected chi connectivity index (χ4v) is 5.28. The third kappa shape index (κ3) is 3.61. The molecule has 0 saturated carbocycles. The first-order chi connectivity index (χ1) is 14.1. The monoisotopic (exact) mass is 498 g/mol. The van der Waals surface area contributed by atoms with E-state index in [-0.39, 0.29) is 12.5 Å². The molecular weight excluding hydrogens is 479 g/mol. The van der Waals surface area contributed by atoms with Gasteiger partial charge in [0.05, 0.1) is 21.8 Å². The number of aromatic nitrogens is 4. The maximum absolute atomic E-state index is 6.64. The van der Waals surface area contributed by atoms with Crippen molar-refractivity contribution in [2.45, 2.75) is 51.0 Å². The molecule has 0 aliphatic carbocycles. The second-order valence-corrected chi connectivity index (χ2v) is 9.16. The molecule has 0 amide bonds. The molecule has 0 spiro atoms. The van der Waals surface area contributed by atoms with Gasteiger partial charge in [-0.2, -0.15) is 10.2 Å². The van der Waals surface area contributed by atoms with Gasteiger partial charge >= 0.3 is 0 Å². The van der Waals surface area contributed by atoms with E-state index < -0.39 is 0 Å². The average Bonchev–Trinajstić information content (AvgIpc) is 3.39. The number of nitrogens with zero attached hydrogens (tertiary/aromatic N) is 4. The van der Waals surface area contributed by atoms with Crippen LogP contribution in [0.3, 0.4) is 0 Å². The van der Waals surface area contributed by atoms with Crippen LogP contribution in [-0.4, -0.2) is 32.8 Å². The number of hydrogen-bond acceptors (Lipinski definition) is 4. The lowest BCUT2D eigenvalue weighted by atomic mass is 10.1. The molecule has 29 heavy (non-hydrogen) atoms. The van der Waals surface area contributed by atoms with Gasteiger partial charge in [0.15, 0.2) is 6.23 Å². The van der Waals surface area contributed by atoms with Gasteiger partial charge in [-0.25, -0.2) is 9.36 Å². The molecule has 2 aliphatic heterocycles. The van der Waals surface area contributed by atoms with Crippen LogP contribution in [-0.2, 0) is 9.47 Å². The first-order valence-electron chi connectivity index (χ1n) is 9.97. The molecule has 2 saturated heterocycles. The zero-order chi connectivity index (χ0) is 20.0. The third-order valence-corrected chi connectivity index (χ3v) is 6.98. The zero-order valence-electron chi connectivity index (χ0n) is 15.8. The van der Waals surface area contributed by atoms with Crippen LogP contribution in [0.5, 0.6) is 0 Å². The van der Waals surface area contributed by atoms with E-state index in [1.54, 1.807) is 0 Å². The molecule has 2 unspecified atom stereocenters. The van der Waals surface area contributed by atoms with Crippen molar-refractivity contribution in [1.29, 1.82) is 0 Å². The molecule has 1 aromatic carbocycles. The number of hydrogen-bond donors (Lipinski definition) is 0. The molecule has 2 aliphatic rings. The average molecular weight is 500 g/mol. The highest BCUT2D eigenvalue weighted by atomic mass is 79.9. The molecule has 4 heterocycles. The van der Waals surface area contributed by atoms with Gasteiger partial charge < -0.3 is 9.47 Å². The zero-order valence-corrected chi connectivity index (χ0v) is 18.9. The van der Waals surface area contributed by atoms with Gasteiger partial charge in [0.1, 0.15) is 11.9 Å². The Balaban J connectivity index is 1.64. The van der Waals surface area contributed by atoms with Crippen LogP contribution in [0, 0.1) is 0 Å². The van der Waals surface area contributed by atoms with Gasteiger partial charge in [-0.15, -0.1) is 0 Å². The molecular formula is C20H21BrCl2N4O2. The minimum Gasteiger partial charge on any atom is -0.357 e. The van der Waals surface area contributed by atoms with Crippen molar-refractivity contribution in [3.63, 3.8) is 0 Å². The fraction of sp³-hybridized carbons (Fsp3) is 0.500. The number of halogens is 3. The molecule has 0 radical (unpaired) electrons. The summed E-state index contributed by atoms with van der Waals surface area (Å²) in [7, 11) is 0. The van der Waals surface area contributed by atoms with Gasteiger partial charge in [-0.3, -0.25) is 0 Å². The minimum atomic E-state index is -0.153. The molecule has 2 fully saturated rings. The molecule has 5 rings (SSSR count). The minimum absolute atomic E-state index is 0.0194. The number of ether oxygens (including phenoxy) is 2. The lowest BCUT2D eigenvalue weighted by Crippen LogP contribution is -2.19. The van der Waals surface area contributed by atoms with E-state index in [9.17, 15) is 0 Å². The largest absolute Gasteiger partial charge is 0.357 e. The van der Waals surface area contributed by atoms with E-state index in [0.717, 1.165) is 78.4 Å². The standard InChI is InChI=1S/C20H21BrCl2N4O2/c21-13-9-14(22)18(23)20-17(13)19(25-27(20)16-6-2-4-8-29-16)12-10-24-26(11-12)15-5-1-3-7-28-15/h9-11,15-16H,1-8H2. The lowest BCUT2D eigenvalue weighted by molar-refractivity contribution is -0.0394. The fourth-order valence-electron chi connectivity index (χ4n) is 4.11. The Labute approximate surface area is 187 Å². The Bertz CT molecular complexity index is 1040. The van der Waals surface area contributed by atoms with E-state index in [2.05, 4.69) is 21.0 Å². The molecule has 6 nitrogen and oxygen atoms in total. The summed E-state index contributed by atoms with van der Waals surface area (Å²) in [4.78, 5) is 0. The van der Waals surface area contributed by atoms with Gasteiger partial charge in [0.25, 0.3) is 0 Å². The van der Waals surface area contributed by atoms with Crippen LogP contribution in [0.15, 0.2) is 22.9 Å². The first kappa shape index (κ1) is 19.8. The lowest BCUT2D eigenvalue weighted by Gasteiger charge is -2.23. The van der Waals surface area contributed by atoms with E-state index in [4.69, 9.17) is 37.8 Å². The Morgan fingerprint density at radius 1 is 1.03 bits per heavy atom. The van der Waals surface area contributed by atoms with E-state index in [0.29, 0.717) is 10.0 Å². The molecule has 154 valence electrons. The van der Waals surface area contributed by atoms with Gasteiger partial charge in [-0.1, -0.05) is 23.2 Å². The van der Waals surface area contributed by atoms with Crippen LogP contribution in [0.4, 0.5) is 0 Å². The number of benzene rings is 1. The predicted octanol–water partition coefficient (Wildman–Crippen LogP) is 6.37. The smallest absolute Gasteiger partial charge is 0.150 e. The maximum Gasteiger partial charge on any atom is 0.150 e. The summed E-state index contributed by atoms with van der Waals surface area (Å²) in [6.07, 6.45) is 9.94. The second kappa shape index (κ2) is 8.19. The molecule has 2 atom stereocenters. The summed E-state index contributed by atoms with van der Waals surface area (Å²) >= 11 is 16.7. The molecule has 9 heteroatoms. The van der Waals surface area contributed by atoms with Crippen molar-refractivity contribution in [1.82, 2.24) is 19.6 Å². The molecule has 0 N–H and O–H groups in total. The van der Waals surface area contributed by atoms with Crippen molar-refractivity contribution in [2.24, 2.45) is 0 Å². The second-order valence-electron chi connectivity index (χ2n) is 7.52. The highest BCUT2D eigenvalue weighted by molar-refractivity contribution is 9.10. The third-order valence-electron chi connectivity index (χ3n) is 5.57. The highest BCUT2D eigenvalue weighted by Gasteiger charge is 2.27. The maximum atomic E-state index is 6.64. The summed E-state index contributed by atoms with van der Waals surface area (Å²) in [6, 6.07) is 1.82. The highest BCUT2D eigenvalue weighted by Crippen LogP contribution is 2.43. The first-order valence-corrected chi connectivity index (χ1v) is 11.5. The molecule has 3 aromatic rings. The van der Waals surface area contributed by atoms with Crippen LogP contribution in [0.25, 0.3) is 22.2 Å². The van der Waals surface area contributed by atoms with Crippen LogP contribution < -0.4 is 0 Å². The van der Waals surface area contributed by atoms with Crippen LogP contribution in [0.2, 0.25) is 10.0 Å². The Morgan fingerprint density at radius 2 is 1.76 bits per heavy atom. The van der Waals surface area contributed by atoms with E-state index >= 15 is 0 Å². The van der Waals surface area contributed by atoms with Gasteiger partial charge in [-0.05, 0) is 60.5 Å². The van der Waals surface area contributed by atoms with Gasteiger partial charge in [0.2, 0.25) is 0 Å². The molecule has 2 aromatic heterocycles. The predicted molar refractivity (Wildman–Crippen MR) is 116 cm³/mol. The van der Waals surface area contributed by atoms with Crippen molar-refractivity contribution in [3.05, 3.63) is 33.0 Å². The van der Waals surface area contributed by atoms with Crippen LogP contribution >= 0.6 is 39.1 Å². The van der Waals surface area contributed by atoms with Crippen LogP contribution in [0.1, 0.15) is 51.0 Å². The number of fused-ring (bicyclic) bond motifs is 1. The summed E-state index contributed by atoms with van der Waals surface area (Å²) < 4.78 is 16.5. The van der Waals surface area contributed by atoms with Crippen molar-refractivity contribution < 1.29 is 9.47 Å². The van der Waals surface area contributed by atoms with Gasteiger partial charge in [0, 0.05) is 34.8 Å². The van der Waals surface area contributed by atoms with Crippen molar-refractivity contribution in [3.8, 4) is 11.3 Å². The Hall–Kier alpha value is -1.12. The number of rotatable bonds is 3. The summed E-state index contributed by atoms with van der Waals surface area (Å²) in [5, 5.41) is 11.4. The topological polar surface area (TPSA) is 54.1 Å². The van der Waals surface area contributed by atoms with Crippen molar-refractivity contribution in [2.75, 3.05) is 13.2 Å². The van der Waals surface area contributed by atoms with E-state index in [1.807, 2.05) is 27.8 Å². The Morgan fingerprint density at radius 3 is 2.45 bits per heavy atom. The van der Waals surface area contributed by atoms with Crippen molar-refractivity contribution >= 4 is 50.0 Å². The normalized spacial score (nSPS) is 23.0. The molecule has 0 bridgehead atoms. The summed E-state index contributed by atoms with van der Waals surface area (Å²) in [5.74, 6) is 0. The van der Waals surface area contributed by atoms with E-state index in [1.165, 1.54) is 0 Å². The summed E-state index contributed by atoms with van der Waals surface area (Å²) in [5.41, 5.74) is 2.51.